The molecule has 178 valence electrons. The quantitative estimate of drug-likeness (QED) is 0.385. The van der Waals surface area contributed by atoms with Gasteiger partial charge in [0.15, 0.2) is 5.82 Å². The van der Waals surface area contributed by atoms with Gasteiger partial charge in [-0.15, -0.1) is 16.4 Å². The van der Waals surface area contributed by atoms with Crippen molar-refractivity contribution in [2.75, 3.05) is 18.8 Å². The maximum atomic E-state index is 12.4. The van der Waals surface area contributed by atoms with E-state index in [-0.39, 0.29) is 5.97 Å². The molecular weight excluding hydrogens is 446 g/mol. The van der Waals surface area contributed by atoms with E-state index in [1.165, 1.54) is 9.58 Å². The number of rotatable bonds is 7. The van der Waals surface area contributed by atoms with Crippen molar-refractivity contribution >= 4 is 44.4 Å². The first-order valence-electron chi connectivity index (χ1n) is 12.1. The Morgan fingerprint density at radius 1 is 1.21 bits per heavy atom. The van der Waals surface area contributed by atoms with E-state index < -0.39 is 0 Å². The van der Waals surface area contributed by atoms with E-state index in [2.05, 4.69) is 29.5 Å². The third-order valence-corrected chi connectivity index (χ3v) is 7.62. The molecule has 0 amide bonds. The summed E-state index contributed by atoms with van der Waals surface area (Å²) in [6.45, 7) is 6.68. The number of pyridine rings is 1. The van der Waals surface area contributed by atoms with Crippen LogP contribution in [-0.4, -0.2) is 38.7 Å². The molecular formula is C26H31N5O2S. The number of aryl methyl sites for hydroxylation is 2. The third-order valence-electron chi connectivity index (χ3n) is 6.57. The lowest BCUT2D eigenvalue weighted by Crippen LogP contribution is -2.36. The van der Waals surface area contributed by atoms with E-state index in [1.807, 2.05) is 18.2 Å². The molecule has 0 unspecified atom stereocenters. The normalized spacial score (nSPS) is 15.4. The highest BCUT2D eigenvalue weighted by Gasteiger charge is 2.26. The summed E-state index contributed by atoms with van der Waals surface area (Å²) in [4.78, 5) is 28.9. The average molecular weight is 478 g/mol. The zero-order valence-corrected chi connectivity index (χ0v) is 20.6. The number of nitrogen functional groups attached to an aromatic ring is 1. The zero-order valence-electron chi connectivity index (χ0n) is 19.8. The Hall–Kier alpha value is -2.97. The molecule has 1 aromatic carbocycles. The maximum Gasteiger partial charge on any atom is 0.357 e. The molecule has 0 saturated carbocycles. The minimum atomic E-state index is -0.292. The summed E-state index contributed by atoms with van der Waals surface area (Å²) < 4.78 is 3.57. The van der Waals surface area contributed by atoms with Crippen LogP contribution in [-0.2, 0) is 17.8 Å². The van der Waals surface area contributed by atoms with Crippen LogP contribution in [0.25, 0.3) is 21.3 Å². The molecule has 0 aliphatic carbocycles. The molecule has 0 radical (unpaired) electrons. The van der Waals surface area contributed by atoms with Crippen LogP contribution in [0.4, 0.5) is 5.82 Å². The monoisotopic (exact) mass is 477 g/mol. The van der Waals surface area contributed by atoms with E-state index in [0.29, 0.717) is 17.3 Å². The van der Waals surface area contributed by atoms with Gasteiger partial charge in [-0.3, -0.25) is 0 Å². The van der Waals surface area contributed by atoms with Crippen molar-refractivity contribution in [1.29, 1.82) is 0 Å². The molecule has 4 aromatic rings. The zero-order chi connectivity index (χ0) is 23.7. The van der Waals surface area contributed by atoms with Gasteiger partial charge in [0.05, 0.1) is 21.3 Å². The molecule has 5 rings (SSSR count). The first-order valence-corrected chi connectivity index (χ1v) is 12.9. The summed E-state index contributed by atoms with van der Waals surface area (Å²) in [6, 6.07) is 11.3. The topological polar surface area (TPSA) is 86.3 Å². The third kappa shape index (κ3) is 4.52. The number of anilines is 1. The second-order valence-electron chi connectivity index (χ2n) is 9.13. The van der Waals surface area contributed by atoms with Gasteiger partial charge in [-0.25, -0.2) is 14.8 Å². The van der Waals surface area contributed by atoms with Crippen molar-refractivity contribution in [3.63, 3.8) is 0 Å². The van der Waals surface area contributed by atoms with Gasteiger partial charge in [0.25, 0.3) is 0 Å². The van der Waals surface area contributed by atoms with Crippen molar-refractivity contribution < 1.29 is 9.63 Å². The van der Waals surface area contributed by atoms with E-state index in [4.69, 9.17) is 15.6 Å². The van der Waals surface area contributed by atoms with Gasteiger partial charge in [-0.05, 0) is 50.3 Å². The summed E-state index contributed by atoms with van der Waals surface area (Å²) >= 11 is 1.76. The highest BCUT2D eigenvalue weighted by Crippen LogP contribution is 2.35. The minimum absolute atomic E-state index is 0.292. The van der Waals surface area contributed by atoms with Crippen LogP contribution >= 0.6 is 11.3 Å². The number of benzene rings is 1. The fourth-order valence-corrected chi connectivity index (χ4v) is 5.76. The molecule has 7 nitrogen and oxygen atoms in total. The first-order chi connectivity index (χ1) is 16.5. The SMILES string of the molecule is CCCCc1nc2c(N)nc3cc(C)sc3c2n1CC1CCN(OC(=O)c2ccccc2)CC1. The number of hydroxylamine groups is 2. The van der Waals surface area contributed by atoms with Crippen LogP contribution in [0.2, 0.25) is 0 Å². The van der Waals surface area contributed by atoms with Gasteiger partial charge in [0.2, 0.25) is 0 Å². The fourth-order valence-electron chi connectivity index (χ4n) is 4.75. The molecule has 1 aliphatic rings. The lowest BCUT2D eigenvalue weighted by molar-refractivity contribution is -0.126. The fraction of sp³-hybridized carbons (Fsp3) is 0.423. The van der Waals surface area contributed by atoms with Crippen LogP contribution in [0.1, 0.15) is 53.7 Å². The summed E-state index contributed by atoms with van der Waals surface area (Å²) in [5.41, 5.74) is 9.85. The highest BCUT2D eigenvalue weighted by molar-refractivity contribution is 7.19. The van der Waals surface area contributed by atoms with Crippen LogP contribution in [0.5, 0.6) is 0 Å². The number of piperidine rings is 1. The van der Waals surface area contributed by atoms with Crippen LogP contribution in [0.15, 0.2) is 36.4 Å². The van der Waals surface area contributed by atoms with Crippen molar-refractivity contribution in [2.45, 2.75) is 52.5 Å². The predicted octanol–water partition coefficient (Wildman–Crippen LogP) is 5.36. The number of fused-ring (bicyclic) bond motifs is 3. The van der Waals surface area contributed by atoms with Gasteiger partial charge in [-0.2, -0.15) is 0 Å². The van der Waals surface area contributed by atoms with Crippen molar-refractivity contribution in [3.05, 3.63) is 52.7 Å². The molecule has 2 N–H and O–H groups in total. The van der Waals surface area contributed by atoms with E-state index in [9.17, 15) is 4.79 Å². The molecule has 1 saturated heterocycles. The Labute approximate surface area is 203 Å². The van der Waals surface area contributed by atoms with Gasteiger partial charge in [0, 0.05) is 30.9 Å². The number of nitrogens with zero attached hydrogens (tertiary/aromatic N) is 4. The summed E-state index contributed by atoms with van der Waals surface area (Å²) in [5, 5.41) is 1.80. The molecule has 0 atom stereocenters. The van der Waals surface area contributed by atoms with E-state index in [1.54, 1.807) is 28.5 Å². The lowest BCUT2D eigenvalue weighted by atomic mass is 9.97. The molecule has 3 aromatic heterocycles. The van der Waals surface area contributed by atoms with Crippen LogP contribution in [0.3, 0.4) is 0 Å². The Bertz CT molecular complexity index is 1310. The predicted molar refractivity (Wildman–Crippen MR) is 137 cm³/mol. The summed E-state index contributed by atoms with van der Waals surface area (Å²) in [5.74, 6) is 1.80. The average Bonchev–Trinajstić information content (AvgIpc) is 3.39. The molecule has 1 aliphatic heterocycles. The smallest absolute Gasteiger partial charge is 0.357 e. The molecule has 34 heavy (non-hydrogen) atoms. The summed E-state index contributed by atoms with van der Waals surface area (Å²) in [7, 11) is 0. The Balaban J connectivity index is 1.36. The Kier molecular flexibility index (Phi) is 6.52. The maximum absolute atomic E-state index is 12.4. The second-order valence-corrected chi connectivity index (χ2v) is 10.4. The summed E-state index contributed by atoms with van der Waals surface area (Å²) in [6.07, 6.45) is 5.07. The largest absolute Gasteiger partial charge is 0.382 e. The number of imidazole rings is 1. The Morgan fingerprint density at radius 3 is 2.71 bits per heavy atom. The van der Waals surface area contributed by atoms with Crippen LogP contribution in [0, 0.1) is 12.8 Å². The number of thiophene rings is 1. The van der Waals surface area contributed by atoms with Gasteiger partial charge < -0.3 is 15.1 Å². The highest BCUT2D eigenvalue weighted by atomic mass is 32.1. The number of hydrogen-bond donors (Lipinski definition) is 1. The van der Waals surface area contributed by atoms with Crippen molar-refractivity contribution in [1.82, 2.24) is 19.6 Å². The van der Waals surface area contributed by atoms with E-state index in [0.717, 1.165) is 74.1 Å². The minimum Gasteiger partial charge on any atom is -0.382 e. The molecule has 4 heterocycles. The molecule has 0 bridgehead atoms. The number of carbonyl (C=O) groups excluding carboxylic acids is 1. The number of carbonyl (C=O) groups is 1. The number of aromatic nitrogens is 3. The van der Waals surface area contributed by atoms with E-state index >= 15 is 0 Å². The molecule has 0 spiro atoms. The standard InChI is InChI=1S/C26H31N5O2S/c1-3-4-10-21-29-22-23(24-20(28-25(22)27)15-17(2)34-24)31(21)16-18-11-13-30(14-12-18)33-26(32)19-8-6-5-7-9-19/h5-9,15,18H,3-4,10-14,16H2,1-2H3,(H2,27,28). The van der Waals surface area contributed by atoms with Gasteiger partial charge in [0.1, 0.15) is 11.3 Å². The van der Waals surface area contributed by atoms with Gasteiger partial charge in [-0.1, -0.05) is 31.5 Å². The second kappa shape index (κ2) is 9.72. The first kappa shape index (κ1) is 22.8. The number of nitrogens with two attached hydrogens (primary N) is 1. The molecule has 1 fully saturated rings. The number of unbranched alkanes of at least 4 members (excludes halogenated alkanes) is 1. The molecule has 8 heteroatoms. The van der Waals surface area contributed by atoms with Gasteiger partial charge >= 0.3 is 5.97 Å². The Morgan fingerprint density at radius 2 is 1.97 bits per heavy atom. The lowest BCUT2D eigenvalue weighted by Gasteiger charge is -2.31. The van der Waals surface area contributed by atoms with Crippen molar-refractivity contribution in [3.8, 4) is 0 Å². The van der Waals surface area contributed by atoms with Crippen molar-refractivity contribution in [2.24, 2.45) is 5.92 Å². The number of hydrogen-bond acceptors (Lipinski definition) is 7. The van der Waals surface area contributed by atoms with Crippen LogP contribution < -0.4 is 5.73 Å².